The zero-order valence-electron chi connectivity index (χ0n) is 18.1. The van der Waals surface area contributed by atoms with Gasteiger partial charge in [0.05, 0.1) is 6.04 Å². The van der Waals surface area contributed by atoms with Gasteiger partial charge in [0, 0.05) is 42.3 Å². The number of fused-ring (bicyclic) bond motifs is 1. The van der Waals surface area contributed by atoms with Crippen molar-refractivity contribution in [1.82, 2.24) is 10.3 Å². The molecule has 1 atom stereocenters. The van der Waals surface area contributed by atoms with Crippen LogP contribution < -0.4 is 10.2 Å². The summed E-state index contributed by atoms with van der Waals surface area (Å²) in [5, 5.41) is 15.0. The van der Waals surface area contributed by atoms with Gasteiger partial charge in [-0.3, -0.25) is 9.78 Å². The van der Waals surface area contributed by atoms with Crippen LogP contribution in [0, 0.1) is 0 Å². The molecule has 158 valence electrons. The molecule has 0 radical (unpaired) electrons. The Kier molecular flexibility index (Phi) is 7.28. The number of amides is 1. The number of nitrogens with zero attached hydrogens (tertiary/aromatic N) is 2. The van der Waals surface area contributed by atoms with Gasteiger partial charge in [-0.1, -0.05) is 43.7 Å². The smallest absolute Gasteiger partial charge is 0.220 e. The lowest BCUT2D eigenvalue weighted by Gasteiger charge is -2.24. The highest BCUT2D eigenvalue weighted by Gasteiger charge is 2.22. The number of rotatable bonds is 9. The molecule has 0 spiro atoms. The number of benzene rings is 2. The zero-order chi connectivity index (χ0) is 21.5. The van der Waals surface area contributed by atoms with Gasteiger partial charge in [-0.05, 0) is 44.0 Å². The fourth-order valence-electron chi connectivity index (χ4n) is 3.76. The predicted octanol–water partition coefficient (Wildman–Crippen LogP) is 5.18. The molecule has 5 heteroatoms. The molecule has 5 nitrogen and oxygen atoms in total. The number of carbonyl (C=O) groups excluding carboxylic acids is 1. The second kappa shape index (κ2) is 10.1. The van der Waals surface area contributed by atoms with Crippen LogP contribution in [0.3, 0.4) is 0 Å². The molecule has 30 heavy (non-hydrogen) atoms. The van der Waals surface area contributed by atoms with E-state index < -0.39 is 6.04 Å². The van der Waals surface area contributed by atoms with E-state index in [0.29, 0.717) is 17.5 Å². The van der Waals surface area contributed by atoms with Gasteiger partial charge in [0.2, 0.25) is 5.91 Å². The molecular formula is C25H31N3O2. The summed E-state index contributed by atoms with van der Waals surface area (Å²) in [6, 6.07) is 15.3. The number of unbranched alkanes of at least 4 members (excludes halogenated alkanes) is 1. The van der Waals surface area contributed by atoms with Crippen molar-refractivity contribution in [3.8, 4) is 5.75 Å². The first-order chi connectivity index (χ1) is 14.6. The highest BCUT2D eigenvalue weighted by Crippen LogP contribution is 2.35. The number of hydrogen-bond donors (Lipinski definition) is 2. The van der Waals surface area contributed by atoms with E-state index in [2.05, 4.69) is 48.1 Å². The van der Waals surface area contributed by atoms with Crippen molar-refractivity contribution in [3.63, 3.8) is 0 Å². The van der Waals surface area contributed by atoms with Gasteiger partial charge in [-0.15, -0.1) is 0 Å². The summed E-state index contributed by atoms with van der Waals surface area (Å²) in [7, 11) is 0. The van der Waals surface area contributed by atoms with E-state index in [1.165, 1.54) is 0 Å². The molecular weight excluding hydrogens is 374 g/mol. The fraction of sp³-hybridized carbons (Fsp3) is 0.360. The van der Waals surface area contributed by atoms with E-state index in [1.54, 1.807) is 6.20 Å². The number of pyridine rings is 1. The van der Waals surface area contributed by atoms with Crippen molar-refractivity contribution in [1.29, 1.82) is 0 Å². The number of aromatic nitrogens is 1. The number of phenolic OH excluding ortho intramolecular Hbond substituents is 1. The highest BCUT2D eigenvalue weighted by atomic mass is 16.3. The van der Waals surface area contributed by atoms with Gasteiger partial charge in [0.25, 0.3) is 0 Å². The maximum atomic E-state index is 12.6. The Morgan fingerprint density at radius 1 is 1.07 bits per heavy atom. The third-order valence-electron chi connectivity index (χ3n) is 5.51. The van der Waals surface area contributed by atoms with Crippen LogP contribution in [0.4, 0.5) is 5.69 Å². The molecule has 3 aromatic rings. The number of nitrogens with one attached hydrogen (secondary N) is 1. The molecule has 0 aliphatic rings. The maximum absolute atomic E-state index is 12.6. The van der Waals surface area contributed by atoms with Crippen LogP contribution >= 0.6 is 0 Å². The van der Waals surface area contributed by atoms with Crippen LogP contribution in [0.25, 0.3) is 10.9 Å². The second-order valence-electron chi connectivity index (χ2n) is 7.45. The number of phenols is 1. The molecule has 0 fully saturated rings. The maximum Gasteiger partial charge on any atom is 0.220 e. The van der Waals surface area contributed by atoms with E-state index >= 15 is 0 Å². The highest BCUT2D eigenvalue weighted by molar-refractivity contribution is 5.86. The van der Waals surface area contributed by atoms with Crippen molar-refractivity contribution >= 4 is 22.5 Å². The fourth-order valence-corrected chi connectivity index (χ4v) is 3.76. The lowest BCUT2D eigenvalue weighted by Crippen LogP contribution is -2.29. The van der Waals surface area contributed by atoms with E-state index in [-0.39, 0.29) is 11.7 Å². The summed E-state index contributed by atoms with van der Waals surface area (Å²) in [6.45, 7) is 8.20. The second-order valence-corrected chi connectivity index (χ2v) is 7.45. The molecule has 3 rings (SSSR count). The molecule has 0 saturated heterocycles. The summed E-state index contributed by atoms with van der Waals surface area (Å²) in [4.78, 5) is 19.2. The van der Waals surface area contributed by atoms with Crippen molar-refractivity contribution in [3.05, 3.63) is 65.9 Å². The van der Waals surface area contributed by atoms with Crippen molar-refractivity contribution < 1.29 is 9.90 Å². The van der Waals surface area contributed by atoms with Crippen LogP contribution in [-0.4, -0.2) is 29.1 Å². The van der Waals surface area contributed by atoms with Crippen molar-refractivity contribution in [2.24, 2.45) is 0 Å². The SMILES string of the molecule is CCCCC(=O)N[C@@H](c1ccc(N(CC)CC)cc1)c1ccc2cccnc2c1O. The first kappa shape index (κ1) is 21.6. The summed E-state index contributed by atoms with van der Waals surface area (Å²) >= 11 is 0. The Morgan fingerprint density at radius 2 is 1.80 bits per heavy atom. The summed E-state index contributed by atoms with van der Waals surface area (Å²) in [6.07, 6.45) is 3.93. The minimum absolute atomic E-state index is 0.0183. The lowest BCUT2D eigenvalue weighted by molar-refractivity contribution is -0.121. The van der Waals surface area contributed by atoms with E-state index in [4.69, 9.17) is 0 Å². The van der Waals surface area contributed by atoms with Gasteiger partial charge in [-0.2, -0.15) is 0 Å². The average Bonchev–Trinajstić information content (AvgIpc) is 2.78. The molecule has 0 unspecified atom stereocenters. The molecule has 0 aliphatic heterocycles. The Morgan fingerprint density at radius 3 is 2.47 bits per heavy atom. The Labute approximate surface area is 178 Å². The summed E-state index contributed by atoms with van der Waals surface area (Å²) in [5.74, 6) is 0.0944. The van der Waals surface area contributed by atoms with Crippen molar-refractivity contribution in [2.75, 3.05) is 18.0 Å². The predicted molar refractivity (Wildman–Crippen MR) is 123 cm³/mol. The first-order valence-electron chi connectivity index (χ1n) is 10.8. The Bertz CT molecular complexity index is 981. The minimum Gasteiger partial charge on any atom is -0.505 e. The standard InChI is InChI=1S/C25H31N3O2/c1-4-7-10-22(29)27-23(19-11-14-20(15-12-19)28(5-2)6-3)21-16-13-18-9-8-17-26-24(18)25(21)30/h8-9,11-17,23,30H,4-7,10H2,1-3H3,(H,27,29)/t23-/m0/s1. The molecule has 2 N–H and O–H groups in total. The van der Waals surface area contributed by atoms with Crippen LogP contribution in [0.2, 0.25) is 0 Å². The largest absolute Gasteiger partial charge is 0.505 e. The third kappa shape index (κ3) is 4.73. The van der Waals surface area contributed by atoms with Crippen LogP contribution in [0.15, 0.2) is 54.7 Å². The van der Waals surface area contributed by atoms with Gasteiger partial charge >= 0.3 is 0 Å². The Hall–Kier alpha value is -3.08. The lowest BCUT2D eigenvalue weighted by atomic mass is 9.95. The summed E-state index contributed by atoms with van der Waals surface area (Å²) < 4.78 is 0. The average molecular weight is 406 g/mol. The molecule has 0 saturated carbocycles. The number of anilines is 1. The number of carbonyl (C=O) groups is 1. The quantitative estimate of drug-likeness (QED) is 0.515. The van der Waals surface area contributed by atoms with E-state index in [0.717, 1.165) is 42.6 Å². The molecule has 1 heterocycles. The van der Waals surface area contributed by atoms with Crippen LogP contribution in [0.5, 0.6) is 5.75 Å². The molecule has 2 aromatic carbocycles. The first-order valence-corrected chi connectivity index (χ1v) is 10.8. The van der Waals surface area contributed by atoms with E-state index in [1.807, 2.05) is 36.4 Å². The normalized spacial score (nSPS) is 12.0. The molecule has 0 bridgehead atoms. The molecule has 1 aromatic heterocycles. The van der Waals surface area contributed by atoms with Gasteiger partial charge in [0.1, 0.15) is 11.3 Å². The number of hydrogen-bond acceptors (Lipinski definition) is 4. The van der Waals surface area contributed by atoms with Gasteiger partial charge in [-0.25, -0.2) is 0 Å². The van der Waals surface area contributed by atoms with Crippen molar-refractivity contribution in [2.45, 2.75) is 46.1 Å². The van der Waals surface area contributed by atoms with E-state index in [9.17, 15) is 9.90 Å². The zero-order valence-corrected chi connectivity index (χ0v) is 18.1. The molecule has 1 amide bonds. The third-order valence-corrected chi connectivity index (χ3v) is 5.51. The number of aromatic hydroxyl groups is 1. The Balaban J connectivity index is 2.01. The molecule has 0 aliphatic carbocycles. The summed E-state index contributed by atoms with van der Waals surface area (Å²) in [5.41, 5.74) is 3.27. The topological polar surface area (TPSA) is 65.5 Å². The van der Waals surface area contributed by atoms with Gasteiger partial charge < -0.3 is 15.3 Å². The minimum atomic E-state index is -0.438. The monoisotopic (exact) mass is 405 g/mol. The van der Waals surface area contributed by atoms with Gasteiger partial charge in [0.15, 0.2) is 0 Å². The van der Waals surface area contributed by atoms with Crippen LogP contribution in [-0.2, 0) is 4.79 Å². The van der Waals surface area contributed by atoms with Crippen LogP contribution in [0.1, 0.15) is 57.2 Å².